The average molecular weight is 273 g/mol. The van der Waals surface area contributed by atoms with E-state index in [4.69, 9.17) is 5.11 Å². The number of fused-ring (bicyclic) bond motifs is 1. The van der Waals surface area contributed by atoms with Gasteiger partial charge in [-0.15, -0.1) is 0 Å². The molecule has 1 aliphatic heterocycles. The lowest BCUT2D eigenvalue weighted by atomic mass is 9.94. The van der Waals surface area contributed by atoms with Crippen LogP contribution in [0.2, 0.25) is 0 Å². The minimum atomic E-state index is -1.07. The molecule has 102 valence electrons. The van der Waals surface area contributed by atoms with Crippen molar-refractivity contribution >= 4 is 23.3 Å². The van der Waals surface area contributed by atoms with Crippen molar-refractivity contribution < 1.29 is 19.5 Å². The van der Waals surface area contributed by atoms with Crippen LogP contribution in [0.4, 0.5) is 0 Å². The number of carboxylic acid groups (broad SMARTS) is 1. The van der Waals surface area contributed by atoms with Gasteiger partial charge in [0.25, 0.3) is 0 Å². The summed E-state index contributed by atoms with van der Waals surface area (Å²) in [5, 5.41) is 15.4. The molecule has 3 rings (SSSR count). The highest BCUT2D eigenvalue weighted by Gasteiger charge is 2.30. The van der Waals surface area contributed by atoms with E-state index in [1.54, 1.807) is 18.2 Å². The number of nitrogens with one attached hydrogen (secondary N) is 1. The summed E-state index contributed by atoms with van der Waals surface area (Å²) in [5.74, 6) is -2.23. The molecular weight excluding hydrogens is 262 g/mol. The zero-order chi connectivity index (χ0) is 14.3. The molecule has 0 saturated carbocycles. The summed E-state index contributed by atoms with van der Waals surface area (Å²) in [6.45, 7) is 0. The monoisotopic (exact) mass is 273 g/mol. The number of carbonyl (C=O) groups is 3. The van der Waals surface area contributed by atoms with Crippen LogP contribution in [-0.2, 0) is 9.59 Å². The lowest BCUT2D eigenvalue weighted by Crippen LogP contribution is -2.40. The van der Waals surface area contributed by atoms with Crippen molar-refractivity contribution in [2.24, 2.45) is 0 Å². The molecule has 0 aromatic carbocycles. The predicted octanol–water partition coefficient (Wildman–Crippen LogP) is 0.553. The van der Waals surface area contributed by atoms with Crippen LogP contribution in [0.15, 0.2) is 24.4 Å². The average Bonchev–Trinajstić information content (AvgIpc) is 2.82. The molecule has 1 atom stereocenters. The van der Waals surface area contributed by atoms with E-state index in [0.29, 0.717) is 17.6 Å². The molecule has 0 aliphatic carbocycles. The molecule has 0 bridgehead atoms. The Kier molecular flexibility index (Phi) is 2.74. The van der Waals surface area contributed by atoms with E-state index in [0.717, 1.165) is 0 Å². The Morgan fingerprint density at radius 3 is 2.90 bits per heavy atom. The number of carboxylic acids is 1. The number of hydrogen-bond acceptors (Lipinski definition) is 4. The molecule has 0 spiro atoms. The molecule has 1 fully saturated rings. The maximum absolute atomic E-state index is 11.9. The van der Waals surface area contributed by atoms with Crippen LogP contribution < -0.4 is 5.32 Å². The largest absolute Gasteiger partial charge is 0.478 e. The second-order valence-electron chi connectivity index (χ2n) is 4.61. The fraction of sp³-hybridized carbons (Fsp3) is 0.231. The molecule has 0 radical (unpaired) electrons. The number of carbonyl (C=O) groups excluding carboxylic acids is 2. The fourth-order valence-electron chi connectivity index (χ4n) is 2.44. The second-order valence-corrected chi connectivity index (χ2v) is 4.61. The van der Waals surface area contributed by atoms with Crippen LogP contribution in [0.1, 0.15) is 34.8 Å². The molecule has 2 N–H and O–H groups in total. The number of hydrogen-bond donors (Lipinski definition) is 2. The molecule has 1 aliphatic rings. The summed E-state index contributed by atoms with van der Waals surface area (Å²) >= 11 is 0. The van der Waals surface area contributed by atoms with Crippen molar-refractivity contribution in [3.05, 3.63) is 35.7 Å². The number of aromatic carboxylic acids is 1. The zero-order valence-corrected chi connectivity index (χ0v) is 10.4. The topological polar surface area (TPSA) is 101 Å². The van der Waals surface area contributed by atoms with Gasteiger partial charge in [0, 0.05) is 6.42 Å². The van der Waals surface area contributed by atoms with E-state index in [9.17, 15) is 14.4 Å². The third kappa shape index (κ3) is 1.83. The Morgan fingerprint density at radius 1 is 1.40 bits per heavy atom. The van der Waals surface area contributed by atoms with Crippen molar-refractivity contribution in [1.82, 2.24) is 14.9 Å². The van der Waals surface area contributed by atoms with Gasteiger partial charge in [0.1, 0.15) is 5.56 Å². The van der Waals surface area contributed by atoms with Gasteiger partial charge in [-0.1, -0.05) is 6.07 Å². The third-order valence-electron chi connectivity index (χ3n) is 3.40. The van der Waals surface area contributed by atoms with E-state index < -0.39 is 11.9 Å². The van der Waals surface area contributed by atoms with Gasteiger partial charge in [0.05, 0.1) is 23.3 Å². The minimum absolute atomic E-state index is 0.0825. The Bertz CT molecular complexity index is 734. The summed E-state index contributed by atoms with van der Waals surface area (Å²) in [5.41, 5.74) is 1.10. The molecule has 1 unspecified atom stereocenters. The highest BCUT2D eigenvalue weighted by molar-refractivity contribution is 6.01. The van der Waals surface area contributed by atoms with Crippen LogP contribution in [0.5, 0.6) is 0 Å². The third-order valence-corrected chi connectivity index (χ3v) is 3.40. The summed E-state index contributed by atoms with van der Waals surface area (Å²) in [6, 6.07) is 5.03. The highest BCUT2D eigenvalue weighted by atomic mass is 16.4. The van der Waals surface area contributed by atoms with Gasteiger partial charge < -0.3 is 5.11 Å². The van der Waals surface area contributed by atoms with E-state index >= 15 is 0 Å². The molecule has 20 heavy (non-hydrogen) atoms. The smallest absolute Gasteiger partial charge is 0.339 e. The quantitative estimate of drug-likeness (QED) is 0.778. The van der Waals surface area contributed by atoms with Crippen LogP contribution >= 0.6 is 0 Å². The van der Waals surface area contributed by atoms with Gasteiger partial charge in [-0.25, -0.2) is 9.31 Å². The van der Waals surface area contributed by atoms with E-state index in [-0.39, 0.29) is 23.8 Å². The van der Waals surface area contributed by atoms with Crippen molar-refractivity contribution in [2.75, 3.05) is 0 Å². The summed E-state index contributed by atoms with van der Waals surface area (Å²) in [4.78, 5) is 34.2. The normalized spacial score (nSPS) is 19.1. The number of nitrogens with zero attached hydrogens (tertiary/aromatic N) is 2. The first-order valence-corrected chi connectivity index (χ1v) is 6.11. The molecular formula is C13H11N3O4. The Morgan fingerprint density at radius 2 is 2.20 bits per heavy atom. The molecule has 7 nitrogen and oxygen atoms in total. The van der Waals surface area contributed by atoms with Gasteiger partial charge in [0.2, 0.25) is 11.8 Å². The number of piperidine rings is 1. The van der Waals surface area contributed by atoms with E-state index in [1.807, 2.05) is 0 Å². The van der Waals surface area contributed by atoms with Crippen LogP contribution in [0, 0.1) is 0 Å². The van der Waals surface area contributed by atoms with Gasteiger partial charge in [-0.3, -0.25) is 14.9 Å². The van der Waals surface area contributed by atoms with Gasteiger partial charge >= 0.3 is 5.97 Å². The summed E-state index contributed by atoms with van der Waals surface area (Å²) < 4.78 is 1.45. The number of imide groups is 1. The Labute approximate surface area is 113 Å². The van der Waals surface area contributed by atoms with Gasteiger partial charge in [-0.05, 0) is 18.6 Å². The SMILES string of the molecule is O=C1CCC(c2cccc3c(C(=O)O)cnn23)C(=O)N1. The number of rotatable bonds is 2. The molecule has 1 saturated heterocycles. The van der Waals surface area contributed by atoms with Crippen molar-refractivity contribution in [1.29, 1.82) is 0 Å². The lowest BCUT2D eigenvalue weighted by molar-refractivity contribution is -0.134. The predicted molar refractivity (Wildman–Crippen MR) is 67.3 cm³/mol. The Hall–Kier alpha value is -2.70. The maximum atomic E-state index is 11.9. The second kappa shape index (κ2) is 4.44. The summed E-state index contributed by atoms with van der Waals surface area (Å²) in [7, 11) is 0. The number of aromatic nitrogens is 2. The fourth-order valence-corrected chi connectivity index (χ4v) is 2.44. The first kappa shape index (κ1) is 12.3. The molecule has 2 aromatic heterocycles. The highest BCUT2D eigenvalue weighted by Crippen LogP contribution is 2.26. The molecule has 2 aromatic rings. The zero-order valence-electron chi connectivity index (χ0n) is 10.4. The lowest BCUT2D eigenvalue weighted by Gasteiger charge is -2.21. The van der Waals surface area contributed by atoms with Crippen LogP contribution in [0.3, 0.4) is 0 Å². The van der Waals surface area contributed by atoms with Crippen LogP contribution in [-0.4, -0.2) is 32.5 Å². The maximum Gasteiger partial charge on any atom is 0.339 e. The van der Waals surface area contributed by atoms with Crippen LogP contribution in [0.25, 0.3) is 5.52 Å². The first-order valence-electron chi connectivity index (χ1n) is 6.11. The number of amides is 2. The summed E-state index contributed by atoms with van der Waals surface area (Å²) in [6.07, 6.45) is 1.92. The van der Waals surface area contributed by atoms with Crippen molar-refractivity contribution in [3.63, 3.8) is 0 Å². The van der Waals surface area contributed by atoms with Gasteiger partial charge in [0.15, 0.2) is 0 Å². The molecule has 7 heteroatoms. The number of pyridine rings is 1. The van der Waals surface area contributed by atoms with Crippen molar-refractivity contribution in [3.8, 4) is 0 Å². The Balaban J connectivity index is 2.10. The molecule has 3 heterocycles. The minimum Gasteiger partial charge on any atom is -0.478 e. The standard InChI is InChI=1S/C13H11N3O4/c17-11-5-4-7(12(18)15-11)9-2-1-3-10-8(13(19)20)6-14-16(9)10/h1-3,6-7H,4-5H2,(H,19,20)(H,15,17,18). The first-order chi connectivity index (χ1) is 9.58. The molecule has 2 amide bonds. The van der Waals surface area contributed by atoms with E-state index in [2.05, 4.69) is 10.4 Å². The van der Waals surface area contributed by atoms with Gasteiger partial charge in [-0.2, -0.15) is 5.10 Å². The van der Waals surface area contributed by atoms with E-state index in [1.165, 1.54) is 10.7 Å². The van der Waals surface area contributed by atoms with Crippen molar-refractivity contribution in [2.45, 2.75) is 18.8 Å².